The smallest absolute Gasteiger partial charge is 0.220 e. The van der Waals surface area contributed by atoms with Gasteiger partial charge in [-0.15, -0.1) is 11.8 Å². The predicted octanol–water partition coefficient (Wildman–Crippen LogP) is 4.18. The van der Waals surface area contributed by atoms with Gasteiger partial charge in [0.25, 0.3) is 0 Å². The lowest BCUT2D eigenvalue weighted by Crippen LogP contribution is -2.25. The third-order valence-electron chi connectivity index (χ3n) is 3.00. The maximum Gasteiger partial charge on any atom is 0.220 e. The lowest BCUT2D eigenvalue weighted by atomic mass is 10.1. The van der Waals surface area contributed by atoms with Crippen LogP contribution < -0.4 is 5.32 Å². The van der Waals surface area contributed by atoms with E-state index in [2.05, 4.69) is 17.4 Å². The van der Waals surface area contributed by atoms with Gasteiger partial charge in [0.05, 0.1) is 5.02 Å². The van der Waals surface area contributed by atoms with Crippen molar-refractivity contribution < 1.29 is 4.79 Å². The molecule has 0 aromatic heterocycles. The van der Waals surface area contributed by atoms with E-state index in [0.717, 1.165) is 22.1 Å². The maximum atomic E-state index is 11.8. The Morgan fingerprint density at radius 1 is 1.05 bits per heavy atom. The molecular weight excluding hydrogens is 302 g/mol. The zero-order valence-corrected chi connectivity index (χ0v) is 13.3. The van der Waals surface area contributed by atoms with Crippen LogP contribution in [0.5, 0.6) is 0 Å². The fourth-order valence-electron chi connectivity index (χ4n) is 1.89. The summed E-state index contributed by atoms with van der Waals surface area (Å²) < 4.78 is 0. The van der Waals surface area contributed by atoms with Crippen molar-refractivity contribution in [3.8, 4) is 0 Å². The quantitative estimate of drug-likeness (QED) is 0.776. The fourth-order valence-corrected chi connectivity index (χ4v) is 3.08. The van der Waals surface area contributed by atoms with Crippen LogP contribution in [0.3, 0.4) is 0 Å². The average Bonchev–Trinajstić information content (AvgIpc) is 2.50. The number of amides is 1. The Morgan fingerprint density at radius 3 is 2.52 bits per heavy atom. The molecule has 2 aromatic carbocycles. The van der Waals surface area contributed by atoms with E-state index in [1.54, 1.807) is 11.8 Å². The van der Waals surface area contributed by atoms with Crippen LogP contribution in [-0.2, 0) is 11.2 Å². The first-order chi connectivity index (χ1) is 10.3. The summed E-state index contributed by atoms with van der Waals surface area (Å²) in [5.74, 6) is 0.825. The van der Waals surface area contributed by atoms with Crippen molar-refractivity contribution >= 4 is 29.3 Å². The van der Waals surface area contributed by atoms with Crippen LogP contribution in [0.4, 0.5) is 0 Å². The molecule has 0 unspecified atom stereocenters. The molecule has 0 saturated carbocycles. The standard InChI is InChI=1S/C17H18ClNOS/c18-15-8-4-5-9-16(15)21-13-11-17(20)19-12-10-14-6-2-1-3-7-14/h1-9H,10-13H2,(H,19,20). The van der Waals surface area contributed by atoms with Crippen molar-refractivity contribution in [3.63, 3.8) is 0 Å². The molecule has 0 atom stereocenters. The van der Waals surface area contributed by atoms with Crippen LogP contribution in [0.15, 0.2) is 59.5 Å². The molecule has 0 aliphatic rings. The molecule has 4 heteroatoms. The Morgan fingerprint density at radius 2 is 1.76 bits per heavy atom. The molecular formula is C17H18ClNOS. The Balaban J connectivity index is 1.63. The summed E-state index contributed by atoms with van der Waals surface area (Å²) in [6.07, 6.45) is 1.37. The topological polar surface area (TPSA) is 29.1 Å². The summed E-state index contributed by atoms with van der Waals surface area (Å²) in [5.41, 5.74) is 1.24. The van der Waals surface area contributed by atoms with Crippen molar-refractivity contribution in [2.75, 3.05) is 12.3 Å². The van der Waals surface area contributed by atoms with Gasteiger partial charge in [0.15, 0.2) is 0 Å². The molecule has 0 aliphatic carbocycles. The molecule has 2 rings (SSSR count). The molecule has 2 aromatic rings. The molecule has 0 bridgehead atoms. The van der Waals surface area contributed by atoms with Gasteiger partial charge in [-0.25, -0.2) is 0 Å². The SMILES string of the molecule is O=C(CCSc1ccccc1Cl)NCCc1ccccc1. The highest BCUT2D eigenvalue weighted by atomic mass is 35.5. The zero-order chi connectivity index (χ0) is 14.9. The predicted molar refractivity (Wildman–Crippen MR) is 89.9 cm³/mol. The van der Waals surface area contributed by atoms with E-state index in [4.69, 9.17) is 11.6 Å². The van der Waals surface area contributed by atoms with Crippen LogP contribution in [0.1, 0.15) is 12.0 Å². The third kappa shape index (κ3) is 5.82. The van der Waals surface area contributed by atoms with Crippen LogP contribution in [0.2, 0.25) is 5.02 Å². The Hall–Kier alpha value is -1.45. The van der Waals surface area contributed by atoms with E-state index in [1.807, 2.05) is 42.5 Å². The number of carbonyl (C=O) groups is 1. The van der Waals surface area contributed by atoms with E-state index < -0.39 is 0 Å². The average molecular weight is 320 g/mol. The molecule has 0 heterocycles. The Labute approximate surface area is 134 Å². The van der Waals surface area contributed by atoms with Gasteiger partial charge in [-0.3, -0.25) is 4.79 Å². The lowest BCUT2D eigenvalue weighted by Gasteiger charge is -2.06. The number of thioether (sulfide) groups is 1. The highest BCUT2D eigenvalue weighted by Crippen LogP contribution is 2.26. The molecule has 21 heavy (non-hydrogen) atoms. The van der Waals surface area contributed by atoms with Crippen molar-refractivity contribution in [2.24, 2.45) is 0 Å². The molecule has 0 radical (unpaired) electrons. The third-order valence-corrected chi connectivity index (χ3v) is 4.52. The maximum absolute atomic E-state index is 11.8. The van der Waals surface area contributed by atoms with Crippen LogP contribution in [0, 0.1) is 0 Å². The Bertz CT molecular complexity index is 574. The van der Waals surface area contributed by atoms with Gasteiger partial charge < -0.3 is 5.32 Å². The summed E-state index contributed by atoms with van der Waals surface area (Å²) in [6.45, 7) is 0.680. The van der Waals surface area contributed by atoms with Gasteiger partial charge in [-0.05, 0) is 24.1 Å². The molecule has 0 spiro atoms. The number of hydrogen-bond acceptors (Lipinski definition) is 2. The van der Waals surface area contributed by atoms with E-state index in [0.29, 0.717) is 13.0 Å². The summed E-state index contributed by atoms with van der Waals surface area (Å²) in [4.78, 5) is 12.8. The number of benzene rings is 2. The summed E-state index contributed by atoms with van der Waals surface area (Å²) >= 11 is 7.68. The molecule has 110 valence electrons. The van der Waals surface area contributed by atoms with E-state index in [9.17, 15) is 4.79 Å². The minimum atomic E-state index is 0.0884. The highest BCUT2D eigenvalue weighted by Gasteiger charge is 2.03. The van der Waals surface area contributed by atoms with Gasteiger partial charge in [-0.1, -0.05) is 54.1 Å². The lowest BCUT2D eigenvalue weighted by molar-refractivity contribution is -0.120. The van der Waals surface area contributed by atoms with Crippen LogP contribution >= 0.6 is 23.4 Å². The number of carbonyl (C=O) groups excluding carboxylic acids is 1. The van der Waals surface area contributed by atoms with Gasteiger partial charge >= 0.3 is 0 Å². The number of rotatable bonds is 7. The van der Waals surface area contributed by atoms with Gasteiger partial charge in [0, 0.05) is 23.6 Å². The molecule has 0 saturated heterocycles. The van der Waals surface area contributed by atoms with Crippen LogP contribution in [-0.4, -0.2) is 18.2 Å². The molecule has 0 aliphatic heterocycles. The number of nitrogens with one attached hydrogen (secondary N) is 1. The summed E-state index contributed by atoms with van der Waals surface area (Å²) in [6, 6.07) is 17.8. The van der Waals surface area contributed by atoms with Crippen molar-refractivity contribution in [1.82, 2.24) is 5.32 Å². The molecule has 2 nitrogen and oxygen atoms in total. The summed E-state index contributed by atoms with van der Waals surface area (Å²) in [7, 11) is 0. The van der Waals surface area contributed by atoms with Crippen molar-refractivity contribution in [2.45, 2.75) is 17.7 Å². The van der Waals surface area contributed by atoms with E-state index in [-0.39, 0.29) is 5.91 Å². The largest absolute Gasteiger partial charge is 0.356 e. The normalized spacial score (nSPS) is 10.3. The Kier molecular flexibility index (Phi) is 6.64. The molecule has 1 amide bonds. The zero-order valence-electron chi connectivity index (χ0n) is 11.7. The summed E-state index contributed by atoms with van der Waals surface area (Å²) in [5, 5.41) is 3.69. The second-order valence-electron chi connectivity index (χ2n) is 4.61. The minimum absolute atomic E-state index is 0.0884. The van der Waals surface area contributed by atoms with Gasteiger partial charge in [-0.2, -0.15) is 0 Å². The van der Waals surface area contributed by atoms with Crippen LogP contribution in [0.25, 0.3) is 0 Å². The number of halogens is 1. The highest BCUT2D eigenvalue weighted by molar-refractivity contribution is 7.99. The fraction of sp³-hybridized carbons (Fsp3) is 0.235. The van der Waals surface area contributed by atoms with Crippen molar-refractivity contribution in [1.29, 1.82) is 0 Å². The first kappa shape index (κ1) is 15.9. The monoisotopic (exact) mass is 319 g/mol. The van der Waals surface area contributed by atoms with Gasteiger partial charge in [0.2, 0.25) is 5.91 Å². The molecule has 1 N–H and O–H groups in total. The molecule has 0 fully saturated rings. The van der Waals surface area contributed by atoms with Gasteiger partial charge in [0.1, 0.15) is 0 Å². The van der Waals surface area contributed by atoms with E-state index >= 15 is 0 Å². The van der Waals surface area contributed by atoms with Crippen molar-refractivity contribution in [3.05, 3.63) is 65.2 Å². The second kappa shape index (κ2) is 8.75. The number of hydrogen-bond donors (Lipinski definition) is 1. The van der Waals surface area contributed by atoms with E-state index in [1.165, 1.54) is 5.56 Å². The first-order valence-electron chi connectivity index (χ1n) is 6.93. The first-order valence-corrected chi connectivity index (χ1v) is 8.30. The minimum Gasteiger partial charge on any atom is -0.356 e. The second-order valence-corrected chi connectivity index (χ2v) is 6.16.